The molecular weight excluding hydrogens is 216 g/mol. The van der Waals surface area contributed by atoms with Crippen molar-refractivity contribution in [2.24, 2.45) is 29.6 Å². The zero-order valence-electron chi connectivity index (χ0n) is 13.0. The first-order valence-corrected chi connectivity index (χ1v) is 8.66. The quantitative estimate of drug-likeness (QED) is 0.569. The zero-order valence-corrected chi connectivity index (χ0v) is 13.0. The van der Waals surface area contributed by atoms with E-state index in [9.17, 15) is 0 Å². The predicted octanol–water partition coefficient (Wildman–Crippen LogP) is 6.06. The van der Waals surface area contributed by atoms with E-state index in [1.54, 1.807) is 0 Å². The predicted molar refractivity (Wildman–Crippen MR) is 80.6 cm³/mol. The number of hydrogen-bond donors (Lipinski definition) is 0. The van der Waals surface area contributed by atoms with E-state index in [0.717, 1.165) is 29.6 Å². The number of rotatable bonds is 4. The molecule has 0 aromatic heterocycles. The summed E-state index contributed by atoms with van der Waals surface area (Å²) in [5.41, 5.74) is 0. The first kappa shape index (κ1) is 14.4. The van der Waals surface area contributed by atoms with Crippen LogP contribution in [0.25, 0.3) is 0 Å². The molecule has 106 valence electrons. The maximum Gasteiger partial charge on any atom is -0.0386 e. The molecule has 2 aliphatic rings. The van der Waals surface area contributed by atoms with Crippen molar-refractivity contribution in [3.63, 3.8) is 0 Å². The van der Waals surface area contributed by atoms with Crippen LogP contribution in [-0.2, 0) is 0 Å². The summed E-state index contributed by atoms with van der Waals surface area (Å²) in [7, 11) is 0. The molecule has 18 heavy (non-hydrogen) atoms. The highest BCUT2D eigenvalue weighted by Crippen LogP contribution is 2.38. The summed E-state index contributed by atoms with van der Waals surface area (Å²) in [6.07, 6.45) is 15.1. The fourth-order valence-electron chi connectivity index (χ4n) is 4.52. The Kier molecular flexibility index (Phi) is 5.57. The van der Waals surface area contributed by atoms with E-state index in [-0.39, 0.29) is 0 Å². The van der Waals surface area contributed by atoms with Crippen molar-refractivity contribution in [2.75, 3.05) is 0 Å². The number of hydrogen-bond acceptors (Lipinski definition) is 0. The van der Waals surface area contributed by atoms with Crippen LogP contribution in [0, 0.1) is 29.6 Å². The molecule has 0 heteroatoms. The van der Waals surface area contributed by atoms with Crippen molar-refractivity contribution >= 4 is 0 Å². The highest BCUT2D eigenvalue weighted by atomic mass is 14.3. The van der Waals surface area contributed by atoms with Gasteiger partial charge in [-0.15, -0.1) is 0 Å². The van der Waals surface area contributed by atoms with E-state index in [1.807, 2.05) is 0 Å². The van der Waals surface area contributed by atoms with Gasteiger partial charge in [0.1, 0.15) is 0 Å². The van der Waals surface area contributed by atoms with Crippen molar-refractivity contribution in [1.29, 1.82) is 0 Å². The molecule has 0 aliphatic heterocycles. The molecule has 2 saturated carbocycles. The zero-order chi connectivity index (χ0) is 13.0. The normalized spacial score (nSPS) is 41.8. The van der Waals surface area contributed by atoms with Crippen LogP contribution < -0.4 is 0 Å². The Hall–Kier alpha value is 0. The third-order valence-electron chi connectivity index (χ3n) is 6.06. The molecular formula is C18H34. The van der Waals surface area contributed by atoms with Crippen molar-refractivity contribution in [2.45, 2.75) is 85.0 Å². The Labute approximate surface area is 115 Å². The Balaban J connectivity index is 1.67. The molecule has 2 rings (SSSR count). The second-order valence-electron chi connectivity index (χ2n) is 7.61. The van der Waals surface area contributed by atoms with Gasteiger partial charge in [0.15, 0.2) is 0 Å². The van der Waals surface area contributed by atoms with Crippen LogP contribution in [0.2, 0.25) is 0 Å². The molecule has 5 atom stereocenters. The summed E-state index contributed by atoms with van der Waals surface area (Å²) < 4.78 is 0. The summed E-state index contributed by atoms with van der Waals surface area (Å²) in [6, 6.07) is 0. The Morgan fingerprint density at radius 2 is 1.39 bits per heavy atom. The Morgan fingerprint density at radius 1 is 0.722 bits per heavy atom. The molecule has 0 heterocycles. The minimum Gasteiger partial charge on any atom is -0.0625 e. The van der Waals surface area contributed by atoms with Gasteiger partial charge in [0.25, 0.3) is 0 Å². The lowest BCUT2D eigenvalue weighted by molar-refractivity contribution is 0.176. The van der Waals surface area contributed by atoms with Crippen LogP contribution in [0.1, 0.15) is 85.0 Å². The second-order valence-corrected chi connectivity index (χ2v) is 7.61. The van der Waals surface area contributed by atoms with E-state index in [1.165, 1.54) is 64.2 Å². The highest BCUT2D eigenvalue weighted by Gasteiger charge is 2.26. The fourth-order valence-corrected chi connectivity index (χ4v) is 4.52. The summed E-state index contributed by atoms with van der Waals surface area (Å²) >= 11 is 0. The average Bonchev–Trinajstić information content (AvgIpc) is 2.36. The van der Waals surface area contributed by atoms with Crippen molar-refractivity contribution in [1.82, 2.24) is 0 Å². The molecule has 0 bridgehead atoms. The third-order valence-corrected chi connectivity index (χ3v) is 6.06. The summed E-state index contributed by atoms with van der Waals surface area (Å²) in [4.78, 5) is 0. The summed E-state index contributed by atoms with van der Waals surface area (Å²) in [5.74, 6) is 5.13. The Morgan fingerprint density at radius 3 is 2.17 bits per heavy atom. The molecule has 0 saturated heterocycles. The first-order valence-electron chi connectivity index (χ1n) is 8.66. The molecule has 0 nitrogen and oxygen atoms in total. The van der Waals surface area contributed by atoms with Gasteiger partial charge < -0.3 is 0 Å². The van der Waals surface area contributed by atoms with Gasteiger partial charge in [-0.25, -0.2) is 0 Å². The average molecular weight is 250 g/mol. The molecule has 5 unspecified atom stereocenters. The van der Waals surface area contributed by atoms with Crippen LogP contribution in [0.15, 0.2) is 0 Å². The molecule has 2 fully saturated rings. The van der Waals surface area contributed by atoms with E-state index >= 15 is 0 Å². The first-order chi connectivity index (χ1) is 8.66. The minimum atomic E-state index is 1.000. The molecule has 0 N–H and O–H groups in total. The van der Waals surface area contributed by atoms with Crippen LogP contribution in [-0.4, -0.2) is 0 Å². The van der Waals surface area contributed by atoms with Gasteiger partial charge >= 0.3 is 0 Å². The molecule has 0 radical (unpaired) electrons. The van der Waals surface area contributed by atoms with E-state index in [2.05, 4.69) is 20.8 Å². The molecule has 0 aromatic rings. The maximum atomic E-state index is 2.50. The van der Waals surface area contributed by atoms with Crippen LogP contribution in [0.4, 0.5) is 0 Å². The lowest BCUT2D eigenvalue weighted by atomic mass is 9.72. The van der Waals surface area contributed by atoms with Gasteiger partial charge in [0.2, 0.25) is 0 Å². The van der Waals surface area contributed by atoms with Crippen LogP contribution in [0.5, 0.6) is 0 Å². The van der Waals surface area contributed by atoms with Gasteiger partial charge in [-0.1, -0.05) is 78.6 Å². The van der Waals surface area contributed by atoms with Crippen LogP contribution >= 0.6 is 0 Å². The van der Waals surface area contributed by atoms with Gasteiger partial charge in [0, 0.05) is 0 Å². The Bertz CT molecular complexity index is 232. The van der Waals surface area contributed by atoms with Gasteiger partial charge in [-0.3, -0.25) is 0 Å². The third kappa shape index (κ3) is 4.00. The van der Waals surface area contributed by atoms with Crippen molar-refractivity contribution in [3.8, 4) is 0 Å². The molecule has 2 aliphatic carbocycles. The minimum absolute atomic E-state index is 1.000. The lowest BCUT2D eigenvalue weighted by Crippen LogP contribution is -2.22. The van der Waals surface area contributed by atoms with Crippen molar-refractivity contribution < 1.29 is 0 Å². The molecule has 0 aromatic carbocycles. The summed E-state index contributed by atoms with van der Waals surface area (Å²) in [6.45, 7) is 7.46. The molecule has 0 spiro atoms. The highest BCUT2D eigenvalue weighted by molar-refractivity contribution is 4.77. The monoisotopic (exact) mass is 250 g/mol. The topological polar surface area (TPSA) is 0 Å². The van der Waals surface area contributed by atoms with Crippen LogP contribution in [0.3, 0.4) is 0 Å². The standard InChI is InChI=1S/C18H34/c1-14-11-12-16(3)18(13-14)10-6-9-17-8-5-4-7-15(17)2/h14-18H,4-13H2,1-3H3. The van der Waals surface area contributed by atoms with E-state index in [0.29, 0.717) is 0 Å². The second kappa shape index (κ2) is 6.96. The van der Waals surface area contributed by atoms with E-state index < -0.39 is 0 Å². The van der Waals surface area contributed by atoms with Gasteiger partial charge in [0.05, 0.1) is 0 Å². The summed E-state index contributed by atoms with van der Waals surface area (Å²) in [5, 5.41) is 0. The van der Waals surface area contributed by atoms with E-state index in [4.69, 9.17) is 0 Å². The fraction of sp³-hybridized carbons (Fsp3) is 1.00. The lowest BCUT2D eigenvalue weighted by Gasteiger charge is -2.34. The maximum absolute atomic E-state index is 2.50. The van der Waals surface area contributed by atoms with Gasteiger partial charge in [-0.05, 0) is 36.0 Å². The smallest absolute Gasteiger partial charge is 0.0386 e. The molecule has 0 amide bonds. The van der Waals surface area contributed by atoms with Gasteiger partial charge in [-0.2, -0.15) is 0 Å². The largest absolute Gasteiger partial charge is 0.0625 e. The van der Waals surface area contributed by atoms with Crippen molar-refractivity contribution in [3.05, 3.63) is 0 Å². The SMILES string of the molecule is CC1CCC(C)C(CCCC2CCCCC2C)C1.